The van der Waals surface area contributed by atoms with Gasteiger partial charge in [0.2, 0.25) is 0 Å². The van der Waals surface area contributed by atoms with E-state index in [-0.39, 0.29) is 19.1 Å². The van der Waals surface area contributed by atoms with E-state index in [1.807, 2.05) is 6.07 Å². The Morgan fingerprint density at radius 3 is 2.90 bits per heavy atom. The molecule has 0 bridgehead atoms. The number of ether oxygens (including phenoxy) is 3. The van der Waals surface area contributed by atoms with Gasteiger partial charge in [-0.15, -0.1) is 0 Å². The zero-order valence-electron chi connectivity index (χ0n) is 11.3. The number of amides is 1. The molecule has 3 rings (SSSR count). The second-order valence-corrected chi connectivity index (χ2v) is 5.71. The molecule has 0 saturated carbocycles. The average Bonchev–Trinajstić information content (AvgIpc) is 2.87. The van der Waals surface area contributed by atoms with Crippen molar-refractivity contribution in [1.82, 2.24) is 4.90 Å². The van der Waals surface area contributed by atoms with Crippen molar-refractivity contribution < 1.29 is 23.8 Å². The molecule has 112 valence electrons. The van der Waals surface area contributed by atoms with Crippen molar-refractivity contribution in [2.45, 2.75) is 18.4 Å². The van der Waals surface area contributed by atoms with Gasteiger partial charge in [-0.05, 0) is 28.1 Å². The standard InChI is InChI=1S/C14H14BrNO5/c1-19-11-6-16(12-10(21-11)7-20-14(12)18)13(17)8-4-2-3-5-9(8)15/h2-5,10-12H,6-7H2,1H3/t10-,11+,12-/m1/s1. The van der Waals surface area contributed by atoms with Crippen LogP contribution in [0.1, 0.15) is 10.4 Å². The number of nitrogens with zero attached hydrogens (tertiary/aromatic N) is 1. The number of carbonyl (C=O) groups is 2. The van der Waals surface area contributed by atoms with E-state index >= 15 is 0 Å². The van der Waals surface area contributed by atoms with Crippen LogP contribution in [0.4, 0.5) is 0 Å². The van der Waals surface area contributed by atoms with Gasteiger partial charge in [0.15, 0.2) is 12.3 Å². The Labute approximate surface area is 130 Å². The lowest BCUT2D eigenvalue weighted by molar-refractivity contribution is -0.199. The molecule has 2 aliphatic rings. The van der Waals surface area contributed by atoms with Crippen LogP contribution in [0.3, 0.4) is 0 Å². The van der Waals surface area contributed by atoms with Crippen LogP contribution < -0.4 is 0 Å². The molecule has 3 atom stereocenters. The van der Waals surface area contributed by atoms with E-state index in [9.17, 15) is 9.59 Å². The summed E-state index contributed by atoms with van der Waals surface area (Å²) in [6.45, 7) is 0.329. The van der Waals surface area contributed by atoms with Crippen molar-refractivity contribution in [3.8, 4) is 0 Å². The van der Waals surface area contributed by atoms with Crippen LogP contribution in [-0.2, 0) is 19.0 Å². The first-order valence-electron chi connectivity index (χ1n) is 6.52. The number of halogens is 1. The molecule has 7 heteroatoms. The second kappa shape index (κ2) is 5.75. The van der Waals surface area contributed by atoms with Gasteiger partial charge in [0.1, 0.15) is 12.7 Å². The highest BCUT2D eigenvalue weighted by Gasteiger charge is 2.49. The first-order chi connectivity index (χ1) is 10.1. The average molecular weight is 356 g/mol. The summed E-state index contributed by atoms with van der Waals surface area (Å²) in [5.41, 5.74) is 0.493. The lowest BCUT2D eigenvalue weighted by Crippen LogP contribution is -2.58. The predicted molar refractivity (Wildman–Crippen MR) is 75.6 cm³/mol. The molecule has 1 amide bonds. The third-order valence-electron chi connectivity index (χ3n) is 3.62. The summed E-state index contributed by atoms with van der Waals surface area (Å²) in [6.07, 6.45) is -1.05. The number of hydrogen-bond acceptors (Lipinski definition) is 5. The summed E-state index contributed by atoms with van der Waals surface area (Å²) < 4.78 is 16.5. The Kier molecular flexibility index (Phi) is 3.97. The molecule has 2 fully saturated rings. The molecule has 21 heavy (non-hydrogen) atoms. The number of benzene rings is 1. The second-order valence-electron chi connectivity index (χ2n) is 4.85. The van der Waals surface area contributed by atoms with Crippen molar-refractivity contribution in [2.24, 2.45) is 0 Å². The van der Waals surface area contributed by atoms with Gasteiger partial charge in [-0.1, -0.05) is 12.1 Å². The molecule has 0 spiro atoms. The number of methoxy groups -OCH3 is 1. The van der Waals surface area contributed by atoms with Crippen molar-refractivity contribution in [2.75, 3.05) is 20.3 Å². The number of morpholine rings is 1. The zero-order chi connectivity index (χ0) is 15.0. The monoisotopic (exact) mass is 355 g/mol. The topological polar surface area (TPSA) is 65.1 Å². The third-order valence-corrected chi connectivity index (χ3v) is 4.31. The van der Waals surface area contributed by atoms with Crippen molar-refractivity contribution in [1.29, 1.82) is 0 Å². The van der Waals surface area contributed by atoms with E-state index in [2.05, 4.69) is 15.9 Å². The highest BCUT2D eigenvalue weighted by molar-refractivity contribution is 9.10. The molecule has 2 saturated heterocycles. The molecule has 0 N–H and O–H groups in total. The van der Waals surface area contributed by atoms with Crippen LogP contribution >= 0.6 is 15.9 Å². The Hall–Kier alpha value is -1.44. The maximum atomic E-state index is 12.7. The SMILES string of the molecule is CO[C@@H]1CN(C(=O)c2ccccc2Br)[C@H]2C(=O)OC[C@H]2O1. The molecule has 0 aromatic heterocycles. The number of cyclic esters (lactones) is 1. The van der Waals surface area contributed by atoms with Crippen LogP contribution in [0.5, 0.6) is 0 Å². The fourth-order valence-corrected chi connectivity index (χ4v) is 3.03. The van der Waals surface area contributed by atoms with Crippen LogP contribution in [0.25, 0.3) is 0 Å². The van der Waals surface area contributed by atoms with Gasteiger partial charge in [-0.3, -0.25) is 4.79 Å². The molecule has 2 heterocycles. The van der Waals surface area contributed by atoms with E-state index in [1.165, 1.54) is 12.0 Å². The Morgan fingerprint density at radius 1 is 1.43 bits per heavy atom. The number of hydrogen-bond donors (Lipinski definition) is 0. The van der Waals surface area contributed by atoms with Gasteiger partial charge < -0.3 is 19.1 Å². The summed E-state index contributed by atoms with van der Waals surface area (Å²) >= 11 is 3.36. The van der Waals surface area contributed by atoms with Gasteiger partial charge in [0, 0.05) is 11.6 Å². The van der Waals surface area contributed by atoms with Gasteiger partial charge in [0.05, 0.1) is 12.1 Å². The van der Waals surface area contributed by atoms with Crippen LogP contribution in [0.2, 0.25) is 0 Å². The normalized spacial score (nSPS) is 28.2. The molecule has 1 aromatic carbocycles. The maximum Gasteiger partial charge on any atom is 0.331 e. The largest absolute Gasteiger partial charge is 0.461 e. The summed E-state index contributed by atoms with van der Waals surface area (Å²) in [5.74, 6) is -0.684. The van der Waals surface area contributed by atoms with Gasteiger partial charge in [0.25, 0.3) is 5.91 Å². The Morgan fingerprint density at radius 2 is 2.19 bits per heavy atom. The van der Waals surface area contributed by atoms with Gasteiger partial charge in [-0.25, -0.2) is 4.79 Å². The molecule has 2 aliphatic heterocycles. The Bertz CT molecular complexity index is 578. The highest BCUT2D eigenvalue weighted by atomic mass is 79.9. The van der Waals surface area contributed by atoms with E-state index in [0.29, 0.717) is 10.0 Å². The van der Waals surface area contributed by atoms with E-state index in [1.54, 1.807) is 18.2 Å². The molecular formula is C14H14BrNO5. The molecule has 1 aromatic rings. The maximum absolute atomic E-state index is 12.7. The van der Waals surface area contributed by atoms with Gasteiger partial charge in [-0.2, -0.15) is 0 Å². The minimum absolute atomic E-state index is 0.142. The first-order valence-corrected chi connectivity index (χ1v) is 7.31. The number of carbonyl (C=O) groups excluding carboxylic acids is 2. The summed E-state index contributed by atoms with van der Waals surface area (Å²) in [6, 6.07) is 6.38. The lowest BCUT2D eigenvalue weighted by atomic mass is 10.1. The zero-order valence-corrected chi connectivity index (χ0v) is 12.9. The van der Waals surface area contributed by atoms with E-state index in [4.69, 9.17) is 14.2 Å². The smallest absolute Gasteiger partial charge is 0.331 e. The van der Waals surface area contributed by atoms with E-state index < -0.39 is 24.4 Å². The first kappa shape index (κ1) is 14.5. The van der Waals surface area contributed by atoms with Crippen LogP contribution in [0, 0.1) is 0 Å². The minimum Gasteiger partial charge on any atom is -0.461 e. The fourth-order valence-electron chi connectivity index (χ4n) is 2.58. The van der Waals surface area contributed by atoms with Crippen molar-refractivity contribution >= 4 is 27.8 Å². The van der Waals surface area contributed by atoms with Crippen molar-refractivity contribution in [3.05, 3.63) is 34.3 Å². The summed E-state index contributed by atoms with van der Waals surface area (Å²) in [4.78, 5) is 26.1. The predicted octanol–water partition coefficient (Wildman–Crippen LogP) is 1.19. The number of rotatable bonds is 2. The lowest BCUT2D eigenvalue weighted by Gasteiger charge is -2.38. The molecule has 0 aliphatic carbocycles. The number of esters is 1. The van der Waals surface area contributed by atoms with Crippen LogP contribution in [-0.4, -0.2) is 55.5 Å². The summed E-state index contributed by atoms with van der Waals surface area (Å²) in [5, 5.41) is 0. The third kappa shape index (κ3) is 2.56. The summed E-state index contributed by atoms with van der Waals surface area (Å²) in [7, 11) is 1.50. The molecule has 6 nitrogen and oxygen atoms in total. The van der Waals surface area contributed by atoms with Crippen LogP contribution in [0.15, 0.2) is 28.7 Å². The van der Waals surface area contributed by atoms with E-state index in [0.717, 1.165) is 0 Å². The molecular weight excluding hydrogens is 342 g/mol. The molecule has 0 radical (unpaired) electrons. The van der Waals surface area contributed by atoms with Gasteiger partial charge >= 0.3 is 5.97 Å². The highest BCUT2D eigenvalue weighted by Crippen LogP contribution is 2.28. The quantitative estimate of drug-likeness (QED) is 0.745. The molecule has 0 unspecified atom stereocenters. The van der Waals surface area contributed by atoms with Crippen molar-refractivity contribution in [3.63, 3.8) is 0 Å². The minimum atomic E-state index is -0.712. The Balaban J connectivity index is 1.92. The number of fused-ring (bicyclic) bond motifs is 1. The fraction of sp³-hybridized carbons (Fsp3) is 0.429.